The van der Waals surface area contributed by atoms with Crippen molar-refractivity contribution in [3.63, 3.8) is 0 Å². The number of aromatic nitrogens is 1. The van der Waals surface area contributed by atoms with Crippen LogP contribution in [0.15, 0.2) is 6.07 Å². The van der Waals surface area contributed by atoms with Gasteiger partial charge in [0.2, 0.25) is 0 Å². The van der Waals surface area contributed by atoms with Crippen LogP contribution in [0.3, 0.4) is 0 Å². The molecule has 2 atom stereocenters. The predicted molar refractivity (Wildman–Crippen MR) is 73.9 cm³/mol. The third-order valence-electron chi connectivity index (χ3n) is 3.28. The van der Waals surface area contributed by atoms with Crippen LogP contribution in [-0.4, -0.2) is 22.7 Å². The van der Waals surface area contributed by atoms with Gasteiger partial charge in [0.1, 0.15) is 5.82 Å². The van der Waals surface area contributed by atoms with Crippen molar-refractivity contribution in [3.8, 4) is 0 Å². The molecule has 5 nitrogen and oxygen atoms in total. The number of hydrogen-bond acceptors (Lipinski definition) is 5. The quantitative estimate of drug-likeness (QED) is 0.505. The van der Waals surface area contributed by atoms with Gasteiger partial charge in [-0.1, -0.05) is 29.6 Å². The van der Waals surface area contributed by atoms with E-state index in [1.165, 1.54) is 0 Å². The van der Waals surface area contributed by atoms with Gasteiger partial charge in [-0.05, 0) is 18.9 Å². The maximum absolute atomic E-state index is 9.28. The molecule has 1 fully saturated rings. The summed E-state index contributed by atoms with van der Waals surface area (Å²) in [6, 6.07) is 1.78. The Morgan fingerprint density at radius 1 is 1.33 bits per heavy atom. The largest absolute Gasteiger partial charge is 0.396 e. The molecule has 1 saturated carbocycles. The van der Waals surface area contributed by atoms with Crippen molar-refractivity contribution in [1.82, 2.24) is 4.98 Å². The second-order valence-corrected chi connectivity index (χ2v) is 5.23. The van der Waals surface area contributed by atoms with Gasteiger partial charge in [0.05, 0.1) is 10.0 Å². The number of hydrazine groups is 1. The molecule has 0 saturated heterocycles. The monoisotopic (exact) mass is 290 g/mol. The summed E-state index contributed by atoms with van der Waals surface area (Å²) in [7, 11) is 0. The Labute approximate surface area is 116 Å². The number of hydrogen-bond donors (Lipinski definition) is 4. The van der Waals surface area contributed by atoms with Crippen LogP contribution in [0.4, 0.5) is 11.6 Å². The van der Waals surface area contributed by atoms with Crippen molar-refractivity contribution in [2.75, 3.05) is 17.3 Å². The van der Waals surface area contributed by atoms with Crippen molar-refractivity contribution >= 4 is 34.8 Å². The first kappa shape index (κ1) is 13.7. The smallest absolute Gasteiger partial charge is 0.161 e. The summed E-state index contributed by atoms with van der Waals surface area (Å²) in [5, 5.41) is 13.4. The maximum atomic E-state index is 9.28. The number of pyridine rings is 1. The Kier molecular flexibility index (Phi) is 4.50. The molecule has 0 bridgehead atoms. The lowest BCUT2D eigenvalue weighted by Crippen LogP contribution is -2.27. The first-order valence-electron chi connectivity index (χ1n) is 5.85. The summed E-state index contributed by atoms with van der Waals surface area (Å²) in [5.74, 6) is 6.48. The van der Waals surface area contributed by atoms with Crippen molar-refractivity contribution in [2.24, 2.45) is 11.8 Å². The molecule has 0 spiro atoms. The van der Waals surface area contributed by atoms with E-state index in [9.17, 15) is 5.11 Å². The Morgan fingerprint density at radius 2 is 2.06 bits per heavy atom. The molecule has 1 aromatic heterocycles. The molecule has 100 valence electrons. The molecule has 0 aromatic carbocycles. The Morgan fingerprint density at radius 3 is 2.72 bits per heavy atom. The summed E-state index contributed by atoms with van der Waals surface area (Å²) in [5.41, 5.74) is 2.42. The summed E-state index contributed by atoms with van der Waals surface area (Å²) in [6.07, 6.45) is 3.11. The van der Waals surface area contributed by atoms with E-state index >= 15 is 0 Å². The van der Waals surface area contributed by atoms with Crippen LogP contribution in [0.1, 0.15) is 19.3 Å². The number of nitrogen functional groups attached to an aromatic ring is 1. The van der Waals surface area contributed by atoms with Crippen LogP contribution in [-0.2, 0) is 0 Å². The summed E-state index contributed by atoms with van der Waals surface area (Å²) < 4.78 is 0. The highest BCUT2D eigenvalue weighted by molar-refractivity contribution is 6.37. The number of halogens is 2. The molecular weight excluding hydrogens is 275 g/mol. The molecule has 2 rings (SSSR count). The third kappa shape index (κ3) is 2.80. The van der Waals surface area contributed by atoms with Crippen molar-refractivity contribution in [1.29, 1.82) is 0 Å². The van der Waals surface area contributed by atoms with Gasteiger partial charge in [0.15, 0.2) is 5.82 Å². The van der Waals surface area contributed by atoms with Gasteiger partial charge < -0.3 is 15.8 Å². The molecule has 2 unspecified atom stereocenters. The van der Waals surface area contributed by atoms with Gasteiger partial charge in [-0.25, -0.2) is 10.8 Å². The van der Waals surface area contributed by atoms with Gasteiger partial charge >= 0.3 is 0 Å². The minimum atomic E-state index is 0.171. The van der Waals surface area contributed by atoms with E-state index in [2.05, 4.69) is 15.7 Å². The lowest BCUT2D eigenvalue weighted by Gasteiger charge is -2.20. The standard InChI is InChI=1S/C11H16Cl2N4O/c12-7-4-8(13)11(17-14)16-10(7)15-9-3-1-2-6(9)5-18/h4,6,9,18H,1-3,5,14H2,(H2,15,16,17). The highest BCUT2D eigenvalue weighted by Gasteiger charge is 2.27. The molecule has 1 aliphatic rings. The van der Waals surface area contributed by atoms with Crippen LogP contribution < -0.4 is 16.6 Å². The number of aliphatic hydroxyl groups excluding tert-OH is 1. The lowest BCUT2D eigenvalue weighted by atomic mass is 10.1. The predicted octanol–water partition coefficient (Wildman–Crippen LogP) is 2.25. The number of aliphatic hydroxyl groups is 1. The zero-order chi connectivity index (χ0) is 13.1. The van der Waals surface area contributed by atoms with Crippen LogP contribution >= 0.6 is 23.2 Å². The fourth-order valence-corrected chi connectivity index (χ4v) is 2.76. The van der Waals surface area contributed by atoms with Crippen LogP contribution in [0.5, 0.6) is 0 Å². The van der Waals surface area contributed by atoms with E-state index in [4.69, 9.17) is 29.0 Å². The fourth-order valence-electron chi connectivity index (χ4n) is 2.29. The zero-order valence-corrected chi connectivity index (χ0v) is 11.3. The zero-order valence-electron chi connectivity index (χ0n) is 9.79. The molecule has 0 amide bonds. The van der Waals surface area contributed by atoms with Gasteiger partial charge in [-0.15, -0.1) is 0 Å². The van der Waals surface area contributed by atoms with Crippen LogP contribution in [0, 0.1) is 5.92 Å². The highest BCUT2D eigenvalue weighted by Crippen LogP contribution is 2.33. The van der Waals surface area contributed by atoms with E-state index < -0.39 is 0 Å². The maximum Gasteiger partial charge on any atom is 0.161 e. The van der Waals surface area contributed by atoms with E-state index in [1.54, 1.807) is 6.07 Å². The van der Waals surface area contributed by atoms with Gasteiger partial charge in [0, 0.05) is 18.6 Å². The Bertz CT molecular complexity index is 430. The average Bonchev–Trinajstić information content (AvgIpc) is 2.79. The molecule has 0 aliphatic heterocycles. The second kappa shape index (κ2) is 5.93. The SMILES string of the molecule is NNc1nc(NC2CCCC2CO)c(Cl)cc1Cl. The van der Waals surface area contributed by atoms with E-state index in [1.807, 2.05) is 0 Å². The number of rotatable bonds is 4. The Balaban J connectivity index is 2.18. The first-order chi connectivity index (χ1) is 8.65. The van der Waals surface area contributed by atoms with Crippen molar-refractivity contribution in [2.45, 2.75) is 25.3 Å². The third-order valence-corrected chi connectivity index (χ3v) is 3.86. The molecule has 1 heterocycles. The Hall–Kier alpha value is -0.750. The van der Waals surface area contributed by atoms with E-state index in [0.717, 1.165) is 19.3 Å². The number of nitrogens with two attached hydrogens (primary N) is 1. The number of nitrogens with one attached hydrogen (secondary N) is 2. The normalized spacial score (nSPS) is 23.1. The summed E-state index contributed by atoms with van der Waals surface area (Å²) in [6.45, 7) is 0.171. The topological polar surface area (TPSA) is 83.2 Å². The lowest BCUT2D eigenvalue weighted by molar-refractivity contribution is 0.222. The van der Waals surface area contributed by atoms with E-state index in [-0.39, 0.29) is 18.6 Å². The summed E-state index contributed by atoms with van der Waals surface area (Å²) in [4.78, 5) is 4.23. The molecule has 1 aromatic rings. The van der Waals surface area contributed by atoms with Gasteiger partial charge in [-0.2, -0.15) is 0 Å². The van der Waals surface area contributed by atoms with Gasteiger partial charge in [0.25, 0.3) is 0 Å². The molecule has 7 heteroatoms. The molecular formula is C11H16Cl2N4O. The number of anilines is 2. The summed E-state index contributed by atoms with van der Waals surface area (Å²) >= 11 is 12.0. The second-order valence-electron chi connectivity index (χ2n) is 4.42. The fraction of sp³-hybridized carbons (Fsp3) is 0.545. The minimum Gasteiger partial charge on any atom is -0.396 e. The first-order valence-corrected chi connectivity index (χ1v) is 6.61. The number of nitrogens with zero attached hydrogens (tertiary/aromatic N) is 1. The highest BCUT2D eigenvalue weighted by atomic mass is 35.5. The van der Waals surface area contributed by atoms with Crippen molar-refractivity contribution in [3.05, 3.63) is 16.1 Å². The van der Waals surface area contributed by atoms with Crippen LogP contribution in [0.2, 0.25) is 10.0 Å². The van der Waals surface area contributed by atoms with Gasteiger partial charge in [-0.3, -0.25) is 0 Å². The molecule has 5 N–H and O–H groups in total. The minimum absolute atomic E-state index is 0.171. The molecule has 0 radical (unpaired) electrons. The van der Waals surface area contributed by atoms with Crippen LogP contribution in [0.25, 0.3) is 0 Å². The molecule has 18 heavy (non-hydrogen) atoms. The molecule has 1 aliphatic carbocycles. The van der Waals surface area contributed by atoms with E-state index in [0.29, 0.717) is 21.7 Å². The van der Waals surface area contributed by atoms with Crippen molar-refractivity contribution < 1.29 is 5.11 Å². The average molecular weight is 291 g/mol.